The van der Waals surface area contributed by atoms with Gasteiger partial charge in [0.25, 0.3) is 0 Å². The summed E-state index contributed by atoms with van der Waals surface area (Å²) in [5.41, 5.74) is 3.23. The van der Waals surface area contributed by atoms with Crippen LogP contribution < -0.4 is 5.73 Å². The number of halogens is 6. The summed E-state index contributed by atoms with van der Waals surface area (Å²) in [6, 6.07) is 1.43. The van der Waals surface area contributed by atoms with Crippen LogP contribution in [0.1, 0.15) is 37.5 Å². The molecule has 0 atom stereocenters. The Hall–Kier alpha value is -2.51. The van der Waals surface area contributed by atoms with Crippen molar-refractivity contribution in [1.82, 2.24) is 0 Å². The fourth-order valence-electron chi connectivity index (χ4n) is 2.05. The molecule has 26 heavy (non-hydrogen) atoms. The first-order chi connectivity index (χ1) is 11.7. The minimum Gasteiger partial charge on any atom is -0.366 e. The van der Waals surface area contributed by atoms with Crippen LogP contribution in [0.5, 0.6) is 0 Å². The fraction of sp³-hybridized carbons (Fsp3) is 0.278. The van der Waals surface area contributed by atoms with Crippen molar-refractivity contribution in [2.45, 2.75) is 33.1 Å². The summed E-state index contributed by atoms with van der Waals surface area (Å²) in [5, 5.41) is 0. The van der Waals surface area contributed by atoms with Gasteiger partial charge in [0.05, 0.1) is 11.1 Å². The highest BCUT2D eigenvalue weighted by molar-refractivity contribution is 5.86. The van der Waals surface area contributed by atoms with E-state index in [4.69, 9.17) is 5.73 Å². The van der Waals surface area contributed by atoms with Gasteiger partial charge in [0.2, 0.25) is 5.91 Å². The Morgan fingerprint density at radius 2 is 1.35 bits per heavy atom. The van der Waals surface area contributed by atoms with Gasteiger partial charge in [0.15, 0.2) is 0 Å². The number of carbonyl (C=O) groups is 1. The zero-order valence-electron chi connectivity index (χ0n) is 14.2. The number of benzene rings is 1. The normalized spacial score (nSPS) is 14.6. The van der Waals surface area contributed by atoms with Crippen molar-refractivity contribution in [2.24, 2.45) is 5.73 Å². The van der Waals surface area contributed by atoms with Crippen molar-refractivity contribution < 1.29 is 31.1 Å². The number of carbonyl (C=O) groups excluding carboxylic acids is 1. The Morgan fingerprint density at radius 1 is 0.885 bits per heavy atom. The molecular formula is C18H17F6NO. The lowest BCUT2D eigenvalue weighted by atomic mass is 9.96. The van der Waals surface area contributed by atoms with Gasteiger partial charge < -0.3 is 5.73 Å². The van der Waals surface area contributed by atoms with E-state index in [0.717, 1.165) is 6.08 Å². The van der Waals surface area contributed by atoms with E-state index in [-0.39, 0.29) is 17.2 Å². The number of hydrogen-bond acceptors (Lipinski definition) is 1. The highest BCUT2D eigenvalue weighted by Gasteiger charge is 2.37. The molecule has 1 rings (SSSR count). The second-order valence-electron chi connectivity index (χ2n) is 5.73. The lowest BCUT2D eigenvalue weighted by Crippen LogP contribution is -2.11. The molecule has 0 bridgehead atoms. The van der Waals surface area contributed by atoms with Crippen molar-refractivity contribution >= 4 is 11.5 Å². The van der Waals surface area contributed by atoms with E-state index in [0.29, 0.717) is 23.3 Å². The van der Waals surface area contributed by atoms with Crippen molar-refractivity contribution in [3.8, 4) is 0 Å². The number of hydrogen-bond donors (Lipinski definition) is 1. The molecule has 142 valence electrons. The van der Waals surface area contributed by atoms with Crippen molar-refractivity contribution in [2.75, 3.05) is 0 Å². The van der Waals surface area contributed by atoms with E-state index in [1.165, 1.54) is 26.0 Å². The molecule has 0 radical (unpaired) electrons. The fourth-order valence-corrected chi connectivity index (χ4v) is 2.05. The lowest BCUT2D eigenvalue weighted by Gasteiger charge is -2.15. The zero-order chi connectivity index (χ0) is 20.3. The summed E-state index contributed by atoms with van der Waals surface area (Å²) < 4.78 is 77.6. The van der Waals surface area contributed by atoms with Crippen LogP contribution in [0.2, 0.25) is 0 Å². The van der Waals surface area contributed by atoms with E-state index < -0.39 is 29.4 Å². The number of rotatable bonds is 4. The van der Waals surface area contributed by atoms with Crippen LogP contribution in [-0.4, -0.2) is 5.91 Å². The van der Waals surface area contributed by atoms with Gasteiger partial charge in [-0.3, -0.25) is 4.79 Å². The van der Waals surface area contributed by atoms with Gasteiger partial charge in [-0.05, 0) is 61.3 Å². The molecule has 2 N–H and O–H groups in total. The Morgan fingerprint density at radius 3 is 1.73 bits per heavy atom. The molecule has 1 aromatic carbocycles. The van der Waals surface area contributed by atoms with Crippen LogP contribution in [0.3, 0.4) is 0 Å². The van der Waals surface area contributed by atoms with Crippen LogP contribution in [-0.2, 0) is 17.1 Å². The Balaban J connectivity index is 3.44. The Kier molecular flexibility index (Phi) is 6.46. The third kappa shape index (κ3) is 6.09. The number of amides is 1. The van der Waals surface area contributed by atoms with Gasteiger partial charge in [-0.1, -0.05) is 12.2 Å². The molecule has 0 aliphatic heterocycles. The summed E-state index contributed by atoms with van der Waals surface area (Å²) in [7, 11) is 0. The first-order valence-corrected chi connectivity index (χ1v) is 7.35. The summed E-state index contributed by atoms with van der Waals surface area (Å²) >= 11 is 0. The SMILES string of the molecule is CC(/C=C/C(C)=C/C(N)=O)=C(\C)c1cc(C(F)(F)F)cc(C(F)(F)F)c1. The molecule has 0 saturated carbocycles. The number of nitrogens with two attached hydrogens (primary N) is 1. The van der Waals surface area contributed by atoms with E-state index in [9.17, 15) is 31.1 Å². The quantitative estimate of drug-likeness (QED) is 0.420. The molecule has 8 heteroatoms. The molecule has 1 aromatic rings. The summed E-state index contributed by atoms with van der Waals surface area (Å²) in [6.07, 6.45) is -5.69. The van der Waals surface area contributed by atoms with Crippen LogP contribution in [0.4, 0.5) is 26.3 Å². The van der Waals surface area contributed by atoms with Gasteiger partial charge in [0.1, 0.15) is 0 Å². The molecule has 0 aromatic heterocycles. The van der Waals surface area contributed by atoms with E-state index in [1.54, 1.807) is 6.92 Å². The maximum absolute atomic E-state index is 12.9. The maximum atomic E-state index is 12.9. The van der Waals surface area contributed by atoms with Gasteiger partial charge in [-0.15, -0.1) is 0 Å². The predicted molar refractivity (Wildman–Crippen MR) is 86.8 cm³/mol. The second kappa shape index (κ2) is 7.80. The summed E-state index contributed by atoms with van der Waals surface area (Å²) in [4.78, 5) is 10.8. The van der Waals surface area contributed by atoms with Crippen LogP contribution in [0.25, 0.3) is 5.57 Å². The van der Waals surface area contributed by atoms with Crippen LogP contribution >= 0.6 is 0 Å². The molecular weight excluding hydrogens is 360 g/mol. The zero-order valence-corrected chi connectivity index (χ0v) is 14.2. The Labute approximate surface area is 146 Å². The maximum Gasteiger partial charge on any atom is 0.416 e. The van der Waals surface area contributed by atoms with Crippen molar-refractivity contribution in [1.29, 1.82) is 0 Å². The molecule has 0 spiro atoms. The third-order valence-electron chi connectivity index (χ3n) is 3.58. The van der Waals surface area contributed by atoms with Gasteiger partial charge in [-0.2, -0.15) is 26.3 Å². The molecule has 0 unspecified atom stereocenters. The van der Waals surface area contributed by atoms with Gasteiger partial charge >= 0.3 is 12.4 Å². The molecule has 2 nitrogen and oxygen atoms in total. The summed E-state index contributed by atoms with van der Waals surface area (Å²) in [5.74, 6) is -0.668. The largest absolute Gasteiger partial charge is 0.416 e. The predicted octanol–water partition coefficient (Wildman–Crippen LogP) is 5.51. The molecule has 1 amide bonds. The highest BCUT2D eigenvalue weighted by Crippen LogP contribution is 2.38. The lowest BCUT2D eigenvalue weighted by molar-refractivity contribution is -0.143. The second-order valence-corrected chi connectivity index (χ2v) is 5.73. The first-order valence-electron chi connectivity index (χ1n) is 7.35. The molecule has 0 aliphatic carbocycles. The average molecular weight is 377 g/mol. The Bertz CT molecular complexity index is 750. The van der Waals surface area contributed by atoms with Crippen LogP contribution in [0, 0.1) is 0 Å². The third-order valence-corrected chi connectivity index (χ3v) is 3.58. The minimum atomic E-state index is -4.90. The van der Waals surface area contributed by atoms with E-state index in [1.807, 2.05) is 0 Å². The number of alkyl halides is 6. The summed E-state index contributed by atoms with van der Waals surface area (Å²) in [6.45, 7) is 4.54. The minimum absolute atomic E-state index is 0.0850. The molecule has 0 heterocycles. The molecule has 0 fully saturated rings. The average Bonchev–Trinajstić information content (AvgIpc) is 2.49. The highest BCUT2D eigenvalue weighted by atomic mass is 19.4. The number of primary amides is 1. The monoisotopic (exact) mass is 377 g/mol. The molecule has 0 aliphatic rings. The van der Waals surface area contributed by atoms with Crippen molar-refractivity contribution in [3.05, 3.63) is 64.3 Å². The van der Waals surface area contributed by atoms with Gasteiger partial charge in [0, 0.05) is 6.08 Å². The smallest absolute Gasteiger partial charge is 0.366 e. The standard InChI is InChI=1S/C18H17F6NO/c1-10(6-16(25)26)4-5-11(2)12(3)13-7-14(17(19,20)21)9-15(8-13)18(22,23)24/h4-9H,1-3H3,(H2,25,26)/b5-4+,10-6+,12-11-. The van der Waals surface area contributed by atoms with Crippen molar-refractivity contribution in [3.63, 3.8) is 0 Å². The topological polar surface area (TPSA) is 43.1 Å². The van der Waals surface area contributed by atoms with E-state index >= 15 is 0 Å². The van der Waals surface area contributed by atoms with Crippen LogP contribution in [0.15, 0.2) is 47.6 Å². The number of allylic oxidation sites excluding steroid dienone is 5. The molecule has 0 saturated heterocycles. The van der Waals surface area contributed by atoms with Gasteiger partial charge in [-0.25, -0.2) is 0 Å². The first kappa shape index (κ1) is 21.5. The van der Waals surface area contributed by atoms with E-state index in [2.05, 4.69) is 0 Å².